The van der Waals surface area contributed by atoms with Crippen LogP contribution in [0.3, 0.4) is 0 Å². The summed E-state index contributed by atoms with van der Waals surface area (Å²) in [5.41, 5.74) is 5.43. The van der Waals surface area contributed by atoms with Gasteiger partial charge in [0.15, 0.2) is 18.9 Å². The van der Waals surface area contributed by atoms with Crippen LogP contribution in [0.15, 0.2) is 0 Å². The maximum absolute atomic E-state index is 13.1. The predicted octanol–water partition coefficient (Wildman–Crippen LogP) is -6.92. The molecule has 0 aromatic carbocycles. The first kappa shape index (κ1) is 46.5. The number of carbonyl (C=O) groups excluding carboxylic acids is 3. The first-order chi connectivity index (χ1) is 25.1. The molecule has 0 saturated carbocycles. The number of carbonyl (C=O) groups is 3. The number of rotatable bonds is 17. The van der Waals surface area contributed by atoms with E-state index in [0.29, 0.717) is 0 Å². The van der Waals surface area contributed by atoms with Gasteiger partial charge in [-0.2, -0.15) is 0 Å². The Hall–Kier alpha value is -1.85. The molecule has 0 aromatic heterocycles. The van der Waals surface area contributed by atoms with Gasteiger partial charge < -0.3 is 86.2 Å². The average Bonchev–Trinajstić information content (AvgIpc) is 3.07. The summed E-state index contributed by atoms with van der Waals surface area (Å²) in [6.45, 7) is -0.0414. The van der Waals surface area contributed by atoms with Gasteiger partial charge in [-0.05, 0) is 0 Å². The highest BCUT2D eigenvalue weighted by atomic mass is 31.2. The molecule has 0 spiro atoms. The Morgan fingerprint density at radius 2 is 0.944 bits per heavy atom. The van der Waals surface area contributed by atoms with Gasteiger partial charge in [-0.1, -0.05) is 0 Å². The second-order valence-electron chi connectivity index (χ2n) is 12.3. The summed E-state index contributed by atoms with van der Waals surface area (Å²) in [4.78, 5) is 56.2. The molecular weight excluding hydrogens is 782 g/mol. The average molecular weight is 831 g/mol. The summed E-state index contributed by atoms with van der Waals surface area (Å²) in [5, 5.41) is 79.4. The summed E-state index contributed by atoms with van der Waals surface area (Å²) in [7, 11) is -10.7. The minimum absolute atomic E-state index is 0.00728. The van der Waals surface area contributed by atoms with Crippen molar-refractivity contribution in [3.05, 3.63) is 0 Å². The highest BCUT2D eigenvalue weighted by molar-refractivity contribution is 7.47. The van der Waals surface area contributed by atoms with Crippen molar-refractivity contribution < 1.29 is 106 Å². The molecule has 0 bridgehead atoms. The molecule has 0 aromatic rings. The highest BCUT2D eigenvalue weighted by Gasteiger charge is 2.52. The van der Waals surface area contributed by atoms with Crippen molar-refractivity contribution in [2.45, 2.75) is 113 Å². The fourth-order valence-corrected chi connectivity index (χ4v) is 7.23. The van der Waals surface area contributed by atoms with Gasteiger partial charge >= 0.3 is 15.6 Å². The van der Waals surface area contributed by atoms with E-state index in [1.807, 2.05) is 0 Å². The van der Waals surface area contributed by atoms with Gasteiger partial charge in [0, 0.05) is 27.3 Å². The molecule has 3 rings (SSSR count). The van der Waals surface area contributed by atoms with Crippen LogP contribution in [0, 0.1) is 0 Å². The molecule has 0 aliphatic carbocycles. The number of phosphoric acid groups is 2. The fourth-order valence-electron chi connectivity index (χ4n) is 5.55. The van der Waals surface area contributed by atoms with Crippen molar-refractivity contribution in [1.82, 2.24) is 16.0 Å². The Morgan fingerprint density at radius 1 is 0.611 bits per heavy atom. The summed E-state index contributed by atoms with van der Waals surface area (Å²) < 4.78 is 67.3. The largest absolute Gasteiger partial charge is 0.474 e. The molecule has 8 unspecified atom stereocenters. The Balaban J connectivity index is 1.72. The van der Waals surface area contributed by atoms with Crippen LogP contribution in [-0.4, -0.2) is 188 Å². The third-order valence-electron chi connectivity index (χ3n) is 8.07. The monoisotopic (exact) mass is 830 g/mol. The quantitative estimate of drug-likeness (QED) is 0.0606. The Kier molecular flexibility index (Phi) is 17.3. The minimum Gasteiger partial charge on any atom is -0.394 e. The van der Waals surface area contributed by atoms with Crippen LogP contribution in [0.2, 0.25) is 0 Å². The van der Waals surface area contributed by atoms with E-state index in [1.165, 1.54) is 0 Å². The number of amides is 3. The topological polar surface area (TPSA) is 403 Å². The van der Waals surface area contributed by atoms with Crippen LogP contribution in [-0.2, 0) is 60.6 Å². The second kappa shape index (κ2) is 20.0. The molecular formula is C26H48N4O22P2. The van der Waals surface area contributed by atoms with Gasteiger partial charge in [-0.3, -0.25) is 32.5 Å². The third kappa shape index (κ3) is 12.6. The highest BCUT2D eigenvalue weighted by Crippen LogP contribution is 2.49. The van der Waals surface area contributed by atoms with Gasteiger partial charge in [-0.15, -0.1) is 0 Å². The van der Waals surface area contributed by atoms with E-state index in [4.69, 9.17) is 42.8 Å². The van der Waals surface area contributed by atoms with Gasteiger partial charge in [0.25, 0.3) is 0 Å². The molecule has 26 nitrogen and oxygen atoms in total. The lowest BCUT2D eigenvalue weighted by Crippen LogP contribution is -2.65. The van der Waals surface area contributed by atoms with Crippen molar-refractivity contribution in [2.75, 3.05) is 33.0 Å². The molecule has 3 aliphatic rings. The lowest BCUT2D eigenvalue weighted by atomic mass is 9.97. The Bertz CT molecular complexity index is 1370. The Morgan fingerprint density at radius 3 is 1.30 bits per heavy atom. The molecule has 314 valence electrons. The lowest BCUT2D eigenvalue weighted by molar-refractivity contribution is -0.270. The number of phosphoric ester groups is 2. The second-order valence-corrected chi connectivity index (χ2v) is 15.1. The number of hydrogen-bond acceptors (Lipinski definition) is 21. The van der Waals surface area contributed by atoms with E-state index in [0.717, 1.165) is 20.8 Å². The number of aliphatic hydroxyl groups is 7. The van der Waals surface area contributed by atoms with Crippen LogP contribution in [0.1, 0.15) is 20.8 Å². The summed E-state index contributed by atoms with van der Waals surface area (Å²) >= 11 is 0. The van der Waals surface area contributed by atoms with Crippen LogP contribution >= 0.6 is 15.6 Å². The van der Waals surface area contributed by atoms with Crippen LogP contribution in [0.5, 0.6) is 0 Å². The van der Waals surface area contributed by atoms with Crippen molar-refractivity contribution >= 4 is 33.4 Å². The van der Waals surface area contributed by atoms with E-state index in [-0.39, 0.29) is 13.2 Å². The zero-order valence-corrected chi connectivity index (χ0v) is 30.8. The van der Waals surface area contributed by atoms with Crippen LogP contribution in [0.25, 0.3) is 0 Å². The normalized spacial score (nSPS) is 39.5. The van der Waals surface area contributed by atoms with E-state index >= 15 is 0 Å². The fraction of sp³-hybridized carbons (Fsp3) is 0.885. The molecule has 3 amide bonds. The molecule has 3 fully saturated rings. The van der Waals surface area contributed by atoms with Crippen molar-refractivity contribution in [1.29, 1.82) is 0 Å². The smallest absolute Gasteiger partial charge is 0.394 e. The zero-order chi connectivity index (χ0) is 40.7. The number of nitrogens with two attached hydrogens (primary N) is 1. The number of nitrogens with one attached hydrogen (secondary N) is 3. The molecule has 14 N–H and O–H groups in total. The Labute approximate surface area is 306 Å². The SMILES string of the molecule is CC(=O)NC1[C@@H](OP(=O)(O)OCC2O[C@H](OP(=O)(O)OCC3O[C@H](OCCN)C(NC(C)=O)[C@@H](O)[C@@H]3O)C(NC(C)=O)[C@@H](O)[C@@H]2O)OC(CO)[C@@H](O)[C@@H]1O. The predicted molar refractivity (Wildman–Crippen MR) is 171 cm³/mol. The van der Waals surface area contributed by atoms with Crippen molar-refractivity contribution in [3.8, 4) is 0 Å². The van der Waals surface area contributed by atoms with Crippen LogP contribution in [0.4, 0.5) is 0 Å². The lowest BCUT2D eigenvalue weighted by Gasteiger charge is -2.43. The number of ether oxygens (including phenoxy) is 4. The summed E-state index contributed by atoms with van der Waals surface area (Å²) in [6.07, 6.45) is -21.9. The first-order valence-electron chi connectivity index (χ1n) is 16.2. The van der Waals surface area contributed by atoms with Gasteiger partial charge in [0.1, 0.15) is 73.1 Å². The zero-order valence-electron chi connectivity index (χ0n) is 29.0. The van der Waals surface area contributed by atoms with Gasteiger partial charge in [-0.25, -0.2) is 9.13 Å². The van der Waals surface area contributed by atoms with Crippen molar-refractivity contribution in [3.63, 3.8) is 0 Å². The van der Waals surface area contributed by atoms with E-state index in [9.17, 15) is 69.0 Å². The number of hydrogen-bond donors (Lipinski definition) is 13. The maximum Gasteiger partial charge on any atom is 0.474 e. The first-order valence-corrected chi connectivity index (χ1v) is 19.2. The van der Waals surface area contributed by atoms with E-state index in [2.05, 4.69) is 16.0 Å². The molecule has 28 heteroatoms. The molecule has 54 heavy (non-hydrogen) atoms. The molecule has 3 saturated heterocycles. The number of aliphatic hydroxyl groups excluding tert-OH is 7. The third-order valence-corrected chi connectivity index (χ3v) is 9.97. The summed E-state index contributed by atoms with van der Waals surface area (Å²) in [5.74, 6) is -2.25. The molecule has 3 heterocycles. The minimum atomic E-state index is -5.38. The maximum atomic E-state index is 13.1. The van der Waals surface area contributed by atoms with E-state index in [1.54, 1.807) is 0 Å². The van der Waals surface area contributed by atoms with Crippen molar-refractivity contribution in [2.24, 2.45) is 5.73 Å². The van der Waals surface area contributed by atoms with Crippen LogP contribution < -0.4 is 21.7 Å². The molecule has 0 radical (unpaired) electrons. The molecule has 17 atom stereocenters. The summed E-state index contributed by atoms with van der Waals surface area (Å²) in [6, 6.07) is -4.74. The van der Waals surface area contributed by atoms with E-state index < -0.39 is 145 Å². The molecule has 3 aliphatic heterocycles. The van der Waals surface area contributed by atoms with Gasteiger partial charge in [0.2, 0.25) is 17.7 Å². The standard InChI is InChI=1S/C26H48N4O22P2/c1-9(32)28-15-21(38)19(36)13(49-24(15)45-5-4-27)7-46-54(43,44)52-26-17(30-11(3)34)23(40)20(37)14(50-26)8-47-53(41,42)51-25-16(29-10(2)33)22(39)18(35)12(6-31)48-25/h12-26,31,35-40H,4-8,27H2,1-3H3,(H,28,32)(H,29,33)(H,30,34)(H,41,42)(H,43,44)/t12?,13?,14?,15?,16?,17?,18-,19-,20-,21-,22-,23-,24+,25-,26-/m1/s1. The van der Waals surface area contributed by atoms with Gasteiger partial charge in [0.05, 0.1) is 26.4 Å².